The Morgan fingerprint density at radius 2 is 1.91 bits per heavy atom. The quantitative estimate of drug-likeness (QED) is 0.316. The highest BCUT2D eigenvalue weighted by atomic mass is 16.5. The van der Waals surface area contributed by atoms with E-state index in [0.717, 1.165) is 10.9 Å². The van der Waals surface area contributed by atoms with Crippen LogP contribution in [0.15, 0.2) is 69.6 Å². The third kappa shape index (κ3) is 4.27. The molecule has 0 aliphatic carbocycles. The molecule has 2 aromatic heterocycles. The van der Waals surface area contributed by atoms with Gasteiger partial charge in [0.1, 0.15) is 17.1 Å². The van der Waals surface area contributed by atoms with Gasteiger partial charge in [-0.15, -0.1) is 0 Å². The van der Waals surface area contributed by atoms with Crippen LogP contribution in [0.1, 0.15) is 13.8 Å². The summed E-state index contributed by atoms with van der Waals surface area (Å²) in [5.41, 5.74) is 3.26. The minimum atomic E-state index is -0.237. The van der Waals surface area contributed by atoms with Crippen LogP contribution in [0.3, 0.4) is 0 Å². The van der Waals surface area contributed by atoms with Crippen molar-refractivity contribution in [3.8, 4) is 22.6 Å². The normalized spacial score (nSPS) is 11.6. The van der Waals surface area contributed by atoms with Gasteiger partial charge >= 0.3 is 0 Å². The van der Waals surface area contributed by atoms with Gasteiger partial charge in [0.15, 0.2) is 5.90 Å². The largest absolute Gasteiger partial charge is 0.497 e. The van der Waals surface area contributed by atoms with E-state index in [1.54, 1.807) is 41.6 Å². The molecule has 0 amide bonds. The van der Waals surface area contributed by atoms with E-state index in [-0.39, 0.29) is 5.56 Å². The van der Waals surface area contributed by atoms with Crippen molar-refractivity contribution in [3.63, 3.8) is 0 Å². The van der Waals surface area contributed by atoms with Gasteiger partial charge in [-0.05, 0) is 49.5 Å². The molecule has 2 heterocycles. The molecule has 0 spiro atoms. The number of fused-ring (bicyclic) bond motifs is 1. The van der Waals surface area contributed by atoms with Crippen molar-refractivity contribution in [1.82, 2.24) is 14.3 Å². The number of aryl methyl sites for hydroxylation is 1. The van der Waals surface area contributed by atoms with Gasteiger partial charge in [0.25, 0.3) is 5.56 Å². The highest BCUT2D eigenvalue weighted by Crippen LogP contribution is 2.37. The van der Waals surface area contributed by atoms with E-state index in [1.807, 2.05) is 50.5 Å². The van der Waals surface area contributed by atoms with Gasteiger partial charge in [-0.2, -0.15) is 5.10 Å². The summed E-state index contributed by atoms with van der Waals surface area (Å²) in [5, 5.41) is 5.33. The van der Waals surface area contributed by atoms with Gasteiger partial charge in [0.05, 0.1) is 24.8 Å². The molecule has 0 aliphatic heterocycles. The van der Waals surface area contributed by atoms with Crippen LogP contribution in [0.25, 0.3) is 27.7 Å². The van der Waals surface area contributed by atoms with Gasteiger partial charge in [-0.3, -0.25) is 19.0 Å². The van der Waals surface area contributed by atoms with E-state index in [0.29, 0.717) is 46.4 Å². The van der Waals surface area contributed by atoms with E-state index >= 15 is 0 Å². The van der Waals surface area contributed by atoms with Crippen molar-refractivity contribution in [2.45, 2.75) is 13.8 Å². The smallest absolute Gasteiger partial charge is 0.265 e. The number of pyridine rings is 1. The molecule has 0 atom stereocenters. The lowest BCUT2D eigenvalue weighted by molar-refractivity contribution is 0.325. The summed E-state index contributed by atoms with van der Waals surface area (Å²) in [6, 6.07) is 12.9. The van der Waals surface area contributed by atoms with Crippen LogP contribution in [0, 0.1) is 0 Å². The Morgan fingerprint density at radius 3 is 2.58 bits per heavy atom. The molecular weight excluding hydrogens is 418 g/mol. The molecule has 33 heavy (non-hydrogen) atoms. The van der Waals surface area contributed by atoms with Crippen molar-refractivity contribution in [1.29, 1.82) is 0 Å². The molecule has 0 bridgehead atoms. The maximum Gasteiger partial charge on any atom is 0.265 e. The molecule has 4 aromatic rings. The average Bonchev–Trinajstić information content (AvgIpc) is 3.19. The number of benzene rings is 2. The molecule has 8 nitrogen and oxygen atoms in total. The number of nitrogens with zero attached hydrogens (tertiary/aromatic N) is 5. The number of hydrogen-bond donors (Lipinski definition) is 0. The molecule has 0 unspecified atom stereocenters. The third-order valence-corrected chi connectivity index (χ3v) is 5.22. The number of methoxy groups -OCH3 is 1. The first-order valence-corrected chi connectivity index (χ1v) is 10.5. The molecule has 0 aliphatic rings. The lowest BCUT2D eigenvalue weighted by Crippen LogP contribution is -2.20. The number of aliphatic imine (C=N–C) groups is 2. The van der Waals surface area contributed by atoms with E-state index in [9.17, 15) is 4.79 Å². The zero-order valence-corrected chi connectivity index (χ0v) is 19.1. The molecule has 0 N–H and O–H groups in total. The Hall–Kier alpha value is -4.20. The number of rotatable bonds is 6. The molecule has 0 fully saturated rings. The fourth-order valence-electron chi connectivity index (χ4n) is 3.72. The van der Waals surface area contributed by atoms with Gasteiger partial charge in [0.2, 0.25) is 0 Å². The van der Waals surface area contributed by atoms with Crippen molar-refractivity contribution in [2.75, 3.05) is 13.7 Å². The first-order valence-electron chi connectivity index (χ1n) is 10.5. The van der Waals surface area contributed by atoms with E-state index in [2.05, 4.69) is 21.8 Å². The molecule has 2 aromatic carbocycles. The van der Waals surface area contributed by atoms with Gasteiger partial charge in [-0.25, -0.2) is 4.99 Å². The van der Waals surface area contributed by atoms with Crippen molar-refractivity contribution in [2.24, 2.45) is 17.0 Å². The minimum Gasteiger partial charge on any atom is -0.497 e. The zero-order valence-electron chi connectivity index (χ0n) is 19.1. The summed E-state index contributed by atoms with van der Waals surface area (Å²) >= 11 is 0. The maximum absolute atomic E-state index is 13.8. The first-order chi connectivity index (χ1) is 15.9. The van der Waals surface area contributed by atoms with Gasteiger partial charge in [0, 0.05) is 37.4 Å². The minimum absolute atomic E-state index is 0.237. The Labute approximate surface area is 191 Å². The first kappa shape index (κ1) is 22.0. The van der Waals surface area contributed by atoms with Crippen LogP contribution >= 0.6 is 0 Å². The Morgan fingerprint density at radius 1 is 1.15 bits per heavy atom. The molecule has 4 rings (SSSR count). The molecule has 0 saturated heterocycles. The summed E-state index contributed by atoms with van der Waals surface area (Å²) in [5.74, 6) is 1.13. The topological polar surface area (TPSA) is 83.0 Å². The van der Waals surface area contributed by atoms with E-state index in [4.69, 9.17) is 9.47 Å². The second-order valence-electron chi connectivity index (χ2n) is 7.41. The van der Waals surface area contributed by atoms with Crippen LogP contribution in [0.2, 0.25) is 0 Å². The summed E-state index contributed by atoms with van der Waals surface area (Å²) < 4.78 is 14.1. The fourth-order valence-corrected chi connectivity index (χ4v) is 3.72. The molecular formula is C25H25N5O3. The number of hydrogen-bond acceptors (Lipinski definition) is 6. The van der Waals surface area contributed by atoms with Crippen molar-refractivity contribution >= 4 is 34.9 Å². The van der Waals surface area contributed by atoms with Crippen LogP contribution in [-0.2, 0) is 11.8 Å². The predicted octanol–water partition coefficient (Wildman–Crippen LogP) is 4.82. The Bertz CT molecular complexity index is 1410. The lowest BCUT2D eigenvalue weighted by atomic mass is 10.0. The lowest BCUT2D eigenvalue weighted by Gasteiger charge is -2.15. The fraction of sp³-hybridized carbons (Fsp3) is 0.200. The molecule has 168 valence electrons. The summed E-state index contributed by atoms with van der Waals surface area (Å²) in [4.78, 5) is 22.6. The van der Waals surface area contributed by atoms with E-state index in [1.165, 1.54) is 0 Å². The monoisotopic (exact) mass is 443 g/mol. The summed E-state index contributed by atoms with van der Waals surface area (Å²) in [7, 11) is 3.46. The van der Waals surface area contributed by atoms with Crippen molar-refractivity contribution in [3.05, 3.63) is 65.2 Å². The highest BCUT2D eigenvalue weighted by molar-refractivity contribution is 5.89. The van der Waals surface area contributed by atoms with Crippen molar-refractivity contribution < 1.29 is 9.47 Å². The van der Waals surface area contributed by atoms with Gasteiger partial charge in [-0.1, -0.05) is 12.1 Å². The number of ether oxygens (including phenoxy) is 2. The van der Waals surface area contributed by atoms with Crippen LogP contribution in [0.4, 0.5) is 11.4 Å². The second-order valence-corrected chi connectivity index (χ2v) is 7.41. The number of aromatic nitrogens is 3. The van der Waals surface area contributed by atoms with Crippen LogP contribution < -0.4 is 10.3 Å². The molecule has 0 radical (unpaired) electrons. The van der Waals surface area contributed by atoms with E-state index < -0.39 is 0 Å². The maximum atomic E-state index is 13.8. The third-order valence-electron chi connectivity index (χ3n) is 5.22. The summed E-state index contributed by atoms with van der Waals surface area (Å²) in [6.07, 6.45) is 3.56. The molecule has 0 saturated carbocycles. The van der Waals surface area contributed by atoms with Crippen LogP contribution in [-0.4, -0.2) is 40.7 Å². The standard InChI is InChI=1S/C25H25N5O3/c1-6-33-16(2)27-24-22(26-3)15-30(19-9-12-21-18(13-19)14-29(4)28-21)25(31)23(24)17-7-10-20(32-5)11-8-17/h7-15H,3,6H2,1-2,4-5H3/b27-16+. The zero-order chi connectivity index (χ0) is 23.5. The predicted molar refractivity (Wildman–Crippen MR) is 132 cm³/mol. The SMILES string of the molecule is C=Nc1cn(-c2ccc3nn(C)cc3c2)c(=O)c(-c2ccc(OC)cc2)c1/N=C(\C)OCC. The Kier molecular flexibility index (Phi) is 6.08. The highest BCUT2D eigenvalue weighted by Gasteiger charge is 2.19. The molecule has 8 heteroatoms. The van der Waals surface area contributed by atoms with Gasteiger partial charge < -0.3 is 9.47 Å². The van der Waals surface area contributed by atoms with Crippen LogP contribution in [0.5, 0.6) is 5.75 Å². The Balaban J connectivity index is 2.01. The second kappa shape index (κ2) is 9.12. The summed E-state index contributed by atoms with van der Waals surface area (Å²) in [6.45, 7) is 7.80. The average molecular weight is 444 g/mol.